The van der Waals surface area contributed by atoms with E-state index in [0.717, 1.165) is 14.8 Å². The van der Waals surface area contributed by atoms with Crippen LogP contribution in [0.1, 0.15) is 31.9 Å². The van der Waals surface area contributed by atoms with Crippen molar-refractivity contribution in [2.75, 3.05) is 27.0 Å². The molecule has 0 spiro atoms. The molecule has 31 heavy (non-hydrogen) atoms. The second-order valence-electron chi connectivity index (χ2n) is 8.03. The number of methoxy groups -OCH3 is 1. The molecule has 3 rings (SSSR count). The molecule has 1 heterocycles. The molecule has 7 nitrogen and oxygen atoms in total. The van der Waals surface area contributed by atoms with Gasteiger partial charge in [0.1, 0.15) is 17.1 Å². The fraction of sp³-hybridized carbons (Fsp3) is 0.409. The van der Waals surface area contributed by atoms with Gasteiger partial charge in [-0.05, 0) is 62.6 Å². The first kappa shape index (κ1) is 23.4. The SMILES string of the molecule is COc1ccc2c(c1)C(NC(=O)CN(C)S(=O)(=O)c1ccc(SC)cc1)CC(C)(C)O2. The quantitative estimate of drug-likeness (QED) is 0.632. The van der Waals surface area contributed by atoms with Gasteiger partial charge in [-0.3, -0.25) is 4.79 Å². The molecule has 0 aliphatic carbocycles. The maximum Gasteiger partial charge on any atom is 0.243 e. The van der Waals surface area contributed by atoms with Crippen molar-refractivity contribution >= 4 is 27.7 Å². The molecule has 1 atom stereocenters. The van der Waals surface area contributed by atoms with Crippen LogP contribution in [0.2, 0.25) is 0 Å². The third-order valence-electron chi connectivity index (χ3n) is 5.14. The van der Waals surface area contributed by atoms with Gasteiger partial charge in [0, 0.05) is 23.9 Å². The number of rotatable bonds is 7. The first-order chi connectivity index (χ1) is 14.6. The van der Waals surface area contributed by atoms with Crippen LogP contribution in [0.15, 0.2) is 52.3 Å². The second-order valence-corrected chi connectivity index (χ2v) is 11.0. The van der Waals surface area contributed by atoms with Crippen LogP contribution < -0.4 is 14.8 Å². The number of benzene rings is 2. The Labute approximate surface area is 188 Å². The van der Waals surface area contributed by atoms with E-state index in [9.17, 15) is 13.2 Å². The fourth-order valence-electron chi connectivity index (χ4n) is 3.54. The minimum absolute atomic E-state index is 0.155. The standard InChI is InChI=1S/C22H28N2O5S2/c1-22(2)13-19(18-12-15(28-4)6-11-20(18)29-22)23-21(25)14-24(3)31(26,27)17-9-7-16(30-5)8-10-17/h6-12,19H,13-14H2,1-5H3,(H,23,25). The topological polar surface area (TPSA) is 84.9 Å². The van der Waals surface area contributed by atoms with Crippen LogP contribution in [0.4, 0.5) is 0 Å². The Morgan fingerprint density at radius 2 is 1.94 bits per heavy atom. The number of fused-ring (bicyclic) bond motifs is 1. The van der Waals surface area contributed by atoms with E-state index in [0.29, 0.717) is 17.9 Å². The lowest BCUT2D eigenvalue weighted by atomic mass is 9.89. The number of carbonyl (C=O) groups excluding carboxylic acids is 1. The van der Waals surface area contributed by atoms with Gasteiger partial charge in [-0.25, -0.2) is 8.42 Å². The van der Waals surface area contributed by atoms with Crippen molar-refractivity contribution in [3.05, 3.63) is 48.0 Å². The number of hydrogen-bond acceptors (Lipinski definition) is 6. The van der Waals surface area contributed by atoms with Crippen LogP contribution in [0, 0.1) is 0 Å². The molecule has 0 bridgehead atoms. The summed E-state index contributed by atoms with van der Waals surface area (Å²) in [5, 5.41) is 2.97. The first-order valence-electron chi connectivity index (χ1n) is 9.82. The molecule has 1 aliphatic heterocycles. The molecule has 1 amide bonds. The van der Waals surface area contributed by atoms with E-state index in [2.05, 4.69) is 5.32 Å². The smallest absolute Gasteiger partial charge is 0.243 e. The van der Waals surface area contributed by atoms with Gasteiger partial charge >= 0.3 is 0 Å². The normalized spacial score (nSPS) is 17.5. The van der Waals surface area contributed by atoms with E-state index in [-0.39, 0.29) is 23.4 Å². The lowest BCUT2D eigenvalue weighted by Crippen LogP contribution is -2.44. The monoisotopic (exact) mass is 464 g/mol. The van der Waals surface area contributed by atoms with Crippen molar-refractivity contribution in [3.63, 3.8) is 0 Å². The van der Waals surface area contributed by atoms with Crippen LogP contribution in [-0.4, -0.2) is 51.2 Å². The molecule has 0 saturated carbocycles. The molecule has 1 aliphatic rings. The van der Waals surface area contributed by atoms with Crippen LogP contribution in [0.5, 0.6) is 11.5 Å². The summed E-state index contributed by atoms with van der Waals surface area (Å²) in [5.74, 6) is 0.954. The summed E-state index contributed by atoms with van der Waals surface area (Å²) >= 11 is 1.53. The number of nitrogens with one attached hydrogen (secondary N) is 1. The summed E-state index contributed by atoms with van der Waals surface area (Å²) in [4.78, 5) is 13.9. The highest BCUT2D eigenvalue weighted by Gasteiger charge is 2.35. The van der Waals surface area contributed by atoms with Gasteiger partial charge in [-0.15, -0.1) is 11.8 Å². The van der Waals surface area contributed by atoms with Crippen LogP contribution in [-0.2, 0) is 14.8 Å². The fourth-order valence-corrected chi connectivity index (χ4v) is 5.08. The third kappa shape index (κ3) is 5.34. The summed E-state index contributed by atoms with van der Waals surface area (Å²) < 4.78 is 38.1. The molecule has 1 N–H and O–H groups in total. The summed E-state index contributed by atoms with van der Waals surface area (Å²) in [5.41, 5.74) is 0.335. The molecule has 2 aromatic carbocycles. The van der Waals surface area contributed by atoms with Gasteiger partial charge in [0.05, 0.1) is 24.6 Å². The lowest BCUT2D eigenvalue weighted by molar-refractivity contribution is -0.122. The highest BCUT2D eigenvalue weighted by atomic mass is 32.2. The minimum atomic E-state index is -3.78. The predicted octanol–water partition coefficient (Wildman–Crippen LogP) is 3.46. The highest BCUT2D eigenvalue weighted by molar-refractivity contribution is 7.98. The zero-order valence-corrected chi connectivity index (χ0v) is 20.0. The summed E-state index contributed by atoms with van der Waals surface area (Å²) in [6.07, 6.45) is 2.47. The number of nitrogens with zero attached hydrogens (tertiary/aromatic N) is 1. The van der Waals surface area contributed by atoms with Crippen molar-refractivity contribution in [1.29, 1.82) is 0 Å². The van der Waals surface area contributed by atoms with Crippen molar-refractivity contribution in [2.24, 2.45) is 0 Å². The average Bonchev–Trinajstić information content (AvgIpc) is 2.72. The Hall–Kier alpha value is -2.23. The maximum atomic E-state index is 12.8. The van der Waals surface area contributed by atoms with E-state index in [4.69, 9.17) is 9.47 Å². The van der Waals surface area contributed by atoms with Gasteiger partial charge in [-0.1, -0.05) is 0 Å². The van der Waals surface area contributed by atoms with Crippen LogP contribution in [0.25, 0.3) is 0 Å². The van der Waals surface area contributed by atoms with Crippen LogP contribution >= 0.6 is 11.8 Å². The van der Waals surface area contributed by atoms with Crippen molar-refractivity contribution < 1.29 is 22.7 Å². The predicted molar refractivity (Wildman–Crippen MR) is 121 cm³/mol. The minimum Gasteiger partial charge on any atom is -0.497 e. The number of amides is 1. The van der Waals surface area contributed by atoms with Gasteiger partial charge in [0.15, 0.2) is 0 Å². The van der Waals surface area contributed by atoms with Crippen molar-refractivity contribution in [3.8, 4) is 11.5 Å². The Bertz CT molecular complexity index is 1050. The molecule has 0 radical (unpaired) electrons. The summed E-state index contributed by atoms with van der Waals surface area (Å²) in [7, 11) is -0.792. The highest BCUT2D eigenvalue weighted by Crippen LogP contribution is 2.41. The van der Waals surface area contributed by atoms with E-state index in [1.165, 1.54) is 18.8 Å². The molecule has 0 aromatic heterocycles. The number of sulfonamides is 1. The molecule has 168 valence electrons. The third-order valence-corrected chi connectivity index (χ3v) is 7.70. The Morgan fingerprint density at radius 1 is 1.26 bits per heavy atom. The van der Waals surface area contributed by atoms with Gasteiger partial charge in [0.25, 0.3) is 0 Å². The van der Waals surface area contributed by atoms with E-state index >= 15 is 0 Å². The lowest BCUT2D eigenvalue weighted by Gasteiger charge is -2.38. The molecule has 0 fully saturated rings. The maximum absolute atomic E-state index is 12.8. The number of ether oxygens (including phenoxy) is 2. The second kappa shape index (κ2) is 9.10. The molecular weight excluding hydrogens is 436 g/mol. The van der Waals surface area contributed by atoms with E-state index < -0.39 is 15.6 Å². The Balaban J connectivity index is 1.75. The zero-order chi connectivity index (χ0) is 22.8. The zero-order valence-electron chi connectivity index (χ0n) is 18.3. The average molecular weight is 465 g/mol. The molecule has 1 unspecified atom stereocenters. The number of likely N-dealkylation sites (N-methyl/N-ethyl adjacent to an activating group) is 1. The largest absolute Gasteiger partial charge is 0.497 e. The van der Waals surface area contributed by atoms with Crippen LogP contribution in [0.3, 0.4) is 0 Å². The first-order valence-corrected chi connectivity index (χ1v) is 12.5. The van der Waals surface area contributed by atoms with Gasteiger partial charge in [-0.2, -0.15) is 4.31 Å². The number of thioether (sulfide) groups is 1. The molecule has 0 saturated heterocycles. The van der Waals surface area contributed by atoms with Gasteiger partial charge < -0.3 is 14.8 Å². The van der Waals surface area contributed by atoms with Crippen molar-refractivity contribution in [2.45, 2.75) is 41.7 Å². The number of hydrogen-bond donors (Lipinski definition) is 1. The molecule has 9 heteroatoms. The Morgan fingerprint density at radius 3 is 2.55 bits per heavy atom. The van der Waals surface area contributed by atoms with E-state index in [1.807, 2.05) is 38.3 Å². The van der Waals surface area contributed by atoms with Crippen molar-refractivity contribution in [1.82, 2.24) is 9.62 Å². The van der Waals surface area contributed by atoms with E-state index in [1.54, 1.807) is 31.4 Å². The molecular formula is C22H28N2O5S2. The molecule has 2 aromatic rings. The summed E-state index contributed by atoms with van der Waals surface area (Å²) in [6, 6.07) is 11.8. The number of carbonyl (C=O) groups is 1. The Kier molecular flexibility index (Phi) is 6.88. The summed E-state index contributed by atoms with van der Waals surface area (Å²) in [6.45, 7) is 3.62. The van der Waals surface area contributed by atoms with Gasteiger partial charge in [0.2, 0.25) is 15.9 Å².